The molecule has 96 valence electrons. The molecule has 1 heterocycles. The lowest BCUT2D eigenvalue weighted by atomic mass is 10.2. The number of aromatic nitrogens is 1. The van der Waals surface area contributed by atoms with Crippen molar-refractivity contribution in [3.8, 4) is 6.19 Å². The van der Waals surface area contributed by atoms with Gasteiger partial charge in [0.1, 0.15) is 5.69 Å². The van der Waals surface area contributed by atoms with Gasteiger partial charge in [-0.05, 0) is 6.07 Å². The molecule has 0 saturated carbocycles. The third-order valence-corrected chi connectivity index (χ3v) is 3.63. The summed E-state index contributed by atoms with van der Waals surface area (Å²) in [6.45, 7) is 3.47. The first-order chi connectivity index (χ1) is 8.18. The Balaban J connectivity index is 3.16. The summed E-state index contributed by atoms with van der Waals surface area (Å²) in [4.78, 5) is 3.17. The SMILES string of the molecule is C=C(c1ccc(C(F)(F)F)nc1)S(C)(=O)=NC#N. The van der Waals surface area contributed by atoms with Gasteiger partial charge in [0, 0.05) is 22.9 Å². The molecule has 1 atom stereocenters. The summed E-state index contributed by atoms with van der Waals surface area (Å²) in [6, 6.07) is 1.84. The second-order valence-corrected chi connectivity index (χ2v) is 5.63. The van der Waals surface area contributed by atoms with E-state index < -0.39 is 21.6 Å². The van der Waals surface area contributed by atoms with Crippen LogP contribution in [0.5, 0.6) is 0 Å². The van der Waals surface area contributed by atoms with Crippen molar-refractivity contribution >= 4 is 14.6 Å². The fourth-order valence-electron chi connectivity index (χ4n) is 1.08. The first-order valence-electron chi connectivity index (χ1n) is 4.51. The van der Waals surface area contributed by atoms with E-state index in [0.29, 0.717) is 0 Å². The molecule has 0 saturated heterocycles. The molecule has 0 amide bonds. The molecule has 0 aliphatic carbocycles. The monoisotopic (exact) mass is 275 g/mol. The van der Waals surface area contributed by atoms with Gasteiger partial charge in [-0.1, -0.05) is 12.6 Å². The molecule has 1 rings (SSSR count). The Labute approximate surface area is 102 Å². The molecule has 0 bridgehead atoms. The Bertz CT molecular complexity index is 619. The molecule has 0 radical (unpaired) electrons. The maximum atomic E-state index is 12.3. The van der Waals surface area contributed by atoms with Crippen LogP contribution in [-0.4, -0.2) is 15.4 Å². The van der Waals surface area contributed by atoms with E-state index in [2.05, 4.69) is 15.9 Å². The Kier molecular flexibility index (Phi) is 3.76. The number of pyridine rings is 1. The van der Waals surface area contributed by atoms with Crippen LogP contribution in [0.3, 0.4) is 0 Å². The average Bonchev–Trinajstić information content (AvgIpc) is 2.27. The van der Waals surface area contributed by atoms with Crippen LogP contribution in [-0.2, 0) is 15.9 Å². The smallest absolute Gasteiger partial charge is 0.251 e. The van der Waals surface area contributed by atoms with Gasteiger partial charge in [0.15, 0.2) is 0 Å². The van der Waals surface area contributed by atoms with Crippen molar-refractivity contribution in [3.05, 3.63) is 36.2 Å². The second kappa shape index (κ2) is 4.78. The van der Waals surface area contributed by atoms with Crippen molar-refractivity contribution in [2.24, 2.45) is 4.36 Å². The molecule has 18 heavy (non-hydrogen) atoms. The van der Waals surface area contributed by atoms with Gasteiger partial charge in [-0.3, -0.25) is 4.98 Å². The Morgan fingerprint density at radius 2 is 2.17 bits per heavy atom. The summed E-state index contributed by atoms with van der Waals surface area (Å²) in [5.74, 6) is 0. The minimum Gasteiger partial charge on any atom is -0.251 e. The van der Waals surface area contributed by atoms with Gasteiger partial charge in [-0.2, -0.15) is 18.4 Å². The molecule has 4 nitrogen and oxygen atoms in total. The predicted octanol–water partition coefficient (Wildman–Crippen LogP) is 2.65. The first kappa shape index (κ1) is 14.2. The normalized spacial score (nSPS) is 14.4. The summed E-state index contributed by atoms with van der Waals surface area (Å²) in [5, 5.41) is 8.35. The standard InChI is InChI=1S/C10H8F3N3OS/c1-7(18(2,17)16-6-14)8-3-4-9(15-5-8)10(11,12)13/h3-5H,1H2,2H3. The summed E-state index contributed by atoms with van der Waals surface area (Å²) in [7, 11) is -3.01. The largest absolute Gasteiger partial charge is 0.433 e. The van der Waals surface area contributed by atoms with Crippen LogP contribution in [0.1, 0.15) is 11.3 Å². The number of nitriles is 1. The summed E-state index contributed by atoms with van der Waals surface area (Å²) in [6.07, 6.45) is -1.07. The zero-order valence-corrected chi connectivity index (χ0v) is 10.0. The van der Waals surface area contributed by atoms with E-state index in [1.54, 1.807) is 0 Å². The zero-order valence-electron chi connectivity index (χ0n) is 9.23. The van der Waals surface area contributed by atoms with Crippen LogP contribution < -0.4 is 0 Å². The van der Waals surface area contributed by atoms with E-state index in [0.717, 1.165) is 18.3 Å². The molecule has 1 unspecified atom stereocenters. The highest BCUT2D eigenvalue weighted by Gasteiger charge is 2.32. The quantitative estimate of drug-likeness (QED) is 0.779. The van der Waals surface area contributed by atoms with Crippen molar-refractivity contribution in [1.29, 1.82) is 5.26 Å². The van der Waals surface area contributed by atoms with Gasteiger partial charge >= 0.3 is 6.18 Å². The average molecular weight is 275 g/mol. The van der Waals surface area contributed by atoms with Crippen LogP contribution in [0.4, 0.5) is 13.2 Å². The van der Waals surface area contributed by atoms with Crippen molar-refractivity contribution in [3.63, 3.8) is 0 Å². The maximum absolute atomic E-state index is 12.3. The summed E-state index contributed by atoms with van der Waals surface area (Å²) >= 11 is 0. The highest BCUT2D eigenvalue weighted by molar-refractivity contribution is 8.02. The number of alkyl halides is 3. The molecule has 0 spiro atoms. The molecule has 0 aliphatic heterocycles. The zero-order chi connectivity index (χ0) is 14.0. The Hall–Kier alpha value is -1.88. The molecule has 1 aromatic heterocycles. The lowest BCUT2D eigenvalue weighted by Crippen LogP contribution is -2.08. The number of hydrogen-bond acceptors (Lipinski definition) is 4. The number of hydrogen-bond donors (Lipinski definition) is 0. The Morgan fingerprint density at radius 1 is 1.56 bits per heavy atom. The minimum atomic E-state index is -4.54. The Morgan fingerprint density at radius 3 is 2.56 bits per heavy atom. The third kappa shape index (κ3) is 3.07. The highest BCUT2D eigenvalue weighted by Crippen LogP contribution is 2.28. The van der Waals surface area contributed by atoms with Crippen molar-refractivity contribution < 1.29 is 17.4 Å². The number of nitrogens with zero attached hydrogens (tertiary/aromatic N) is 3. The fourth-order valence-corrected chi connectivity index (χ4v) is 1.90. The van der Waals surface area contributed by atoms with Gasteiger partial charge in [-0.25, -0.2) is 4.21 Å². The highest BCUT2D eigenvalue weighted by atomic mass is 32.2. The van der Waals surface area contributed by atoms with Crippen molar-refractivity contribution in [1.82, 2.24) is 4.98 Å². The molecular weight excluding hydrogens is 267 g/mol. The van der Waals surface area contributed by atoms with Crippen LogP contribution >= 0.6 is 0 Å². The summed E-state index contributed by atoms with van der Waals surface area (Å²) in [5.41, 5.74) is -0.909. The van der Waals surface area contributed by atoms with E-state index in [1.807, 2.05) is 0 Å². The molecule has 0 fully saturated rings. The van der Waals surface area contributed by atoms with E-state index in [-0.39, 0.29) is 10.5 Å². The minimum absolute atomic E-state index is 0.0368. The third-order valence-electron chi connectivity index (χ3n) is 2.05. The van der Waals surface area contributed by atoms with E-state index in [9.17, 15) is 17.4 Å². The van der Waals surface area contributed by atoms with Crippen LogP contribution in [0.25, 0.3) is 4.91 Å². The van der Waals surface area contributed by atoms with Gasteiger partial charge in [0.2, 0.25) is 6.19 Å². The van der Waals surface area contributed by atoms with Gasteiger partial charge in [-0.15, -0.1) is 4.36 Å². The fraction of sp³-hybridized carbons (Fsp3) is 0.200. The maximum Gasteiger partial charge on any atom is 0.433 e. The van der Waals surface area contributed by atoms with Gasteiger partial charge in [0.05, 0.1) is 9.73 Å². The van der Waals surface area contributed by atoms with Crippen LogP contribution in [0, 0.1) is 11.5 Å². The molecule has 0 N–H and O–H groups in total. The molecular formula is C10H8F3N3OS. The van der Waals surface area contributed by atoms with E-state index in [4.69, 9.17) is 5.26 Å². The van der Waals surface area contributed by atoms with Gasteiger partial charge in [0.25, 0.3) is 0 Å². The molecule has 8 heteroatoms. The lowest BCUT2D eigenvalue weighted by molar-refractivity contribution is -0.141. The molecule has 0 aliphatic rings. The number of rotatable bonds is 2. The first-order valence-corrected chi connectivity index (χ1v) is 6.43. The molecule has 1 aromatic rings. The molecule has 0 aromatic carbocycles. The van der Waals surface area contributed by atoms with Crippen molar-refractivity contribution in [2.45, 2.75) is 6.18 Å². The topological polar surface area (TPSA) is 66.1 Å². The van der Waals surface area contributed by atoms with Crippen LogP contribution in [0.15, 0.2) is 29.3 Å². The van der Waals surface area contributed by atoms with Gasteiger partial charge < -0.3 is 0 Å². The number of halogens is 3. The second-order valence-electron chi connectivity index (χ2n) is 3.35. The van der Waals surface area contributed by atoms with Crippen molar-refractivity contribution in [2.75, 3.05) is 6.26 Å². The van der Waals surface area contributed by atoms with E-state index >= 15 is 0 Å². The lowest BCUT2D eigenvalue weighted by Gasteiger charge is -2.08. The van der Waals surface area contributed by atoms with E-state index in [1.165, 1.54) is 12.4 Å². The predicted molar refractivity (Wildman–Crippen MR) is 60.4 cm³/mol. The van der Waals surface area contributed by atoms with Crippen LogP contribution in [0.2, 0.25) is 0 Å². The summed E-state index contributed by atoms with van der Waals surface area (Å²) < 4.78 is 51.8.